The van der Waals surface area contributed by atoms with Crippen molar-refractivity contribution in [2.24, 2.45) is 0 Å². The smallest absolute Gasteiger partial charge is 0.167 e. The maximum atomic E-state index is 12.0. The SMILES string of the molecule is Cc1cccc(-c2coc3c2C(=O)CCC3)c1. The topological polar surface area (TPSA) is 30.2 Å². The van der Waals surface area contributed by atoms with Crippen LogP contribution in [0.5, 0.6) is 0 Å². The highest BCUT2D eigenvalue weighted by Crippen LogP contribution is 2.33. The Hall–Kier alpha value is -1.83. The highest BCUT2D eigenvalue weighted by molar-refractivity contribution is 6.04. The molecule has 17 heavy (non-hydrogen) atoms. The number of Topliss-reactive ketones (excluding diaryl/α,β-unsaturated/α-hetero) is 1. The van der Waals surface area contributed by atoms with E-state index in [0.717, 1.165) is 35.3 Å². The normalized spacial score (nSPS) is 14.8. The van der Waals surface area contributed by atoms with Crippen molar-refractivity contribution in [3.63, 3.8) is 0 Å². The summed E-state index contributed by atoms with van der Waals surface area (Å²) in [5.74, 6) is 1.08. The number of hydrogen-bond donors (Lipinski definition) is 0. The van der Waals surface area contributed by atoms with Gasteiger partial charge >= 0.3 is 0 Å². The lowest BCUT2D eigenvalue weighted by molar-refractivity contribution is 0.0970. The average molecular weight is 226 g/mol. The number of fused-ring (bicyclic) bond motifs is 1. The predicted octanol–water partition coefficient (Wildman–Crippen LogP) is 3.77. The Morgan fingerprint density at radius 1 is 1.24 bits per heavy atom. The molecule has 0 radical (unpaired) electrons. The van der Waals surface area contributed by atoms with Crippen LogP contribution in [0.3, 0.4) is 0 Å². The molecular formula is C15H14O2. The standard InChI is InChI=1S/C15H14O2/c1-10-4-2-5-11(8-10)12-9-17-14-7-3-6-13(16)15(12)14/h2,4-5,8-9H,3,6-7H2,1H3. The van der Waals surface area contributed by atoms with E-state index in [9.17, 15) is 4.79 Å². The van der Waals surface area contributed by atoms with Crippen LogP contribution in [0, 0.1) is 6.92 Å². The van der Waals surface area contributed by atoms with Crippen LogP contribution in [0.15, 0.2) is 34.9 Å². The van der Waals surface area contributed by atoms with Gasteiger partial charge in [0.25, 0.3) is 0 Å². The van der Waals surface area contributed by atoms with Crippen molar-refractivity contribution in [3.05, 3.63) is 47.4 Å². The minimum atomic E-state index is 0.219. The minimum absolute atomic E-state index is 0.219. The average Bonchev–Trinajstić information content (AvgIpc) is 2.74. The molecule has 1 heterocycles. The van der Waals surface area contributed by atoms with E-state index >= 15 is 0 Å². The fourth-order valence-electron chi connectivity index (χ4n) is 2.45. The van der Waals surface area contributed by atoms with Crippen molar-refractivity contribution in [3.8, 4) is 11.1 Å². The highest BCUT2D eigenvalue weighted by atomic mass is 16.3. The molecule has 0 aliphatic heterocycles. The van der Waals surface area contributed by atoms with E-state index in [1.807, 2.05) is 12.1 Å². The first-order valence-corrected chi connectivity index (χ1v) is 5.96. The van der Waals surface area contributed by atoms with Crippen molar-refractivity contribution in [2.45, 2.75) is 26.2 Å². The summed E-state index contributed by atoms with van der Waals surface area (Å²) in [7, 11) is 0. The van der Waals surface area contributed by atoms with Gasteiger partial charge in [-0.05, 0) is 18.9 Å². The molecule has 0 saturated carbocycles. The van der Waals surface area contributed by atoms with Crippen LogP contribution in [-0.2, 0) is 6.42 Å². The zero-order valence-electron chi connectivity index (χ0n) is 9.82. The van der Waals surface area contributed by atoms with Gasteiger partial charge in [-0.3, -0.25) is 4.79 Å². The largest absolute Gasteiger partial charge is 0.468 e. The Labute approximate surface area is 100 Å². The lowest BCUT2D eigenvalue weighted by atomic mass is 9.91. The first-order valence-electron chi connectivity index (χ1n) is 5.96. The Morgan fingerprint density at radius 2 is 2.12 bits per heavy atom. The third kappa shape index (κ3) is 1.70. The molecule has 3 rings (SSSR count). The second-order valence-electron chi connectivity index (χ2n) is 4.59. The van der Waals surface area contributed by atoms with E-state index in [1.54, 1.807) is 6.26 Å². The number of furan rings is 1. The molecule has 0 saturated heterocycles. The van der Waals surface area contributed by atoms with Crippen molar-refractivity contribution in [2.75, 3.05) is 0 Å². The molecule has 0 fully saturated rings. The molecule has 2 heteroatoms. The number of benzene rings is 1. The lowest BCUT2D eigenvalue weighted by Crippen LogP contribution is -2.09. The van der Waals surface area contributed by atoms with Gasteiger partial charge in [0, 0.05) is 18.4 Å². The molecule has 0 atom stereocenters. The van der Waals surface area contributed by atoms with Gasteiger partial charge in [-0.15, -0.1) is 0 Å². The minimum Gasteiger partial charge on any atom is -0.468 e. The summed E-state index contributed by atoms with van der Waals surface area (Å²) in [6, 6.07) is 8.18. The Morgan fingerprint density at radius 3 is 2.94 bits per heavy atom. The van der Waals surface area contributed by atoms with Gasteiger partial charge < -0.3 is 4.42 Å². The molecule has 0 unspecified atom stereocenters. The van der Waals surface area contributed by atoms with Crippen LogP contribution in [-0.4, -0.2) is 5.78 Å². The second kappa shape index (κ2) is 3.88. The molecular weight excluding hydrogens is 212 g/mol. The highest BCUT2D eigenvalue weighted by Gasteiger charge is 2.24. The molecule has 0 spiro atoms. The number of carbonyl (C=O) groups excluding carboxylic acids is 1. The van der Waals surface area contributed by atoms with Crippen LogP contribution in [0.2, 0.25) is 0 Å². The molecule has 2 nitrogen and oxygen atoms in total. The van der Waals surface area contributed by atoms with E-state index in [4.69, 9.17) is 4.42 Å². The molecule has 2 aromatic rings. The quantitative estimate of drug-likeness (QED) is 0.740. The molecule has 1 aliphatic rings. The number of ketones is 1. The van der Waals surface area contributed by atoms with E-state index in [-0.39, 0.29) is 5.78 Å². The van der Waals surface area contributed by atoms with E-state index in [1.165, 1.54) is 5.56 Å². The Balaban J connectivity index is 2.16. The van der Waals surface area contributed by atoms with Gasteiger partial charge in [-0.2, -0.15) is 0 Å². The van der Waals surface area contributed by atoms with Crippen molar-refractivity contribution >= 4 is 5.78 Å². The second-order valence-corrected chi connectivity index (χ2v) is 4.59. The van der Waals surface area contributed by atoms with Crippen LogP contribution >= 0.6 is 0 Å². The summed E-state index contributed by atoms with van der Waals surface area (Å²) >= 11 is 0. The zero-order chi connectivity index (χ0) is 11.8. The summed E-state index contributed by atoms with van der Waals surface area (Å²) in [4.78, 5) is 12.0. The third-order valence-electron chi connectivity index (χ3n) is 3.28. The monoisotopic (exact) mass is 226 g/mol. The number of carbonyl (C=O) groups is 1. The fourth-order valence-corrected chi connectivity index (χ4v) is 2.45. The van der Waals surface area contributed by atoms with Crippen molar-refractivity contribution < 1.29 is 9.21 Å². The summed E-state index contributed by atoms with van der Waals surface area (Å²) in [6.07, 6.45) is 4.16. The maximum Gasteiger partial charge on any atom is 0.167 e. The van der Waals surface area contributed by atoms with Gasteiger partial charge in [0.15, 0.2) is 5.78 Å². The van der Waals surface area contributed by atoms with Gasteiger partial charge in [-0.1, -0.05) is 29.8 Å². The Kier molecular flexibility index (Phi) is 2.36. The van der Waals surface area contributed by atoms with Crippen LogP contribution in [0.4, 0.5) is 0 Å². The first-order chi connectivity index (χ1) is 8.25. The molecule has 86 valence electrons. The summed E-state index contributed by atoms with van der Waals surface area (Å²) in [6.45, 7) is 2.05. The predicted molar refractivity (Wildman–Crippen MR) is 66.1 cm³/mol. The lowest BCUT2D eigenvalue weighted by Gasteiger charge is -2.10. The van der Waals surface area contributed by atoms with Crippen LogP contribution in [0.25, 0.3) is 11.1 Å². The summed E-state index contributed by atoms with van der Waals surface area (Å²) in [5.41, 5.74) is 4.03. The molecule has 1 aromatic heterocycles. The molecule has 0 bridgehead atoms. The first kappa shape index (κ1) is 10.3. The Bertz CT molecular complexity index is 578. The van der Waals surface area contributed by atoms with Gasteiger partial charge in [0.2, 0.25) is 0 Å². The van der Waals surface area contributed by atoms with Crippen molar-refractivity contribution in [1.29, 1.82) is 0 Å². The number of aryl methyl sites for hydroxylation is 2. The van der Waals surface area contributed by atoms with E-state index in [2.05, 4.69) is 19.1 Å². The molecule has 0 N–H and O–H groups in total. The van der Waals surface area contributed by atoms with E-state index < -0.39 is 0 Å². The van der Waals surface area contributed by atoms with Gasteiger partial charge in [-0.25, -0.2) is 0 Å². The number of rotatable bonds is 1. The molecule has 1 aliphatic carbocycles. The number of hydrogen-bond acceptors (Lipinski definition) is 2. The third-order valence-corrected chi connectivity index (χ3v) is 3.28. The summed E-state index contributed by atoms with van der Waals surface area (Å²) in [5, 5.41) is 0. The van der Waals surface area contributed by atoms with E-state index in [0.29, 0.717) is 6.42 Å². The maximum absolute atomic E-state index is 12.0. The summed E-state index contributed by atoms with van der Waals surface area (Å²) < 4.78 is 5.53. The zero-order valence-corrected chi connectivity index (χ0v) is 9.82. The molecule has 1 aromatic carbocycles. The van der Waals surface area contributed by atoms with Crippen molar-refractivity contribution in [1.82, 2.24) is 0 Å². The fraction of sp³-hybridized carbons (Fsp3) is 0.267. The molecule has 0 amide bonds. The van der Waals surface area contributed by atoms with Gasteiger partial charge in [0.1, 0.15) is 5.76 Å². The van der Waals surface area contributed by atoms with Crippen LogP contribution < -0.4 is 0 Å². The van der Waals surface area contributed by atoms with Gasteiger partial charge in [0.05, 0.1) is 11.8 Å². The van der Waals surface area contributed by atoms with Crippen LogP contribution in [0.1, 0.15) is 34.5 Å².